The van der Waals surface area contributed by atoms with Crippen molar-refractivity contribution in [3.8, 4) is 17.2 Å². The van der Waals surface area contributed by atoms with Crippen LogP contribution in [0.4, 0.5) is 0 Å². The Morgan fingerprint density at radius 2 is 1.57 bits per heavy atom. The Kier molecular flexibility index (Phi) is 6.29. The summed E-state index contributed by atoms with van der Waals surface area (Å²) in [5.74, 6) is 2.32. The molecule has 2 aromatic rings. The van der Waals surface area contributed by atoms with Crippen molar-refractivity contribution in [3.63, 3.8) is 0 Å². The molecule has 0 radical (unpaired) electrons. The molecule has 0 saturated heterocycles. The zero-order valence-electron chi connectivity index (χ0n) is 14.1. The number of ether oxygens (including phenoxy) is 3. The Bertz CT molecular complexity index is 620. The number of nitrogens with two attached hydrogens (primary N) is 1. The van der Waals surface area contributed by atoms with E-state index >= 15 is 0 Å². The van der Waals surface area contributed by atoms with Crippen molar-refractivity contribution in [3.05, 3.63) is 53.1 Å². The number of aryl methyl sites for hydroxylation is 2. The number of benzene rings is 2. The molecule has 0 aliphatic rings. The van der Waals surface area contributed by atoms with Gasteiger partial charge in [0.15, 0.2) is 11.5 Å². The van der Waals surface area contributed by atoms with Crippen LogP contribution in [0.3, 0.4) is 0 Å². The molecule has 0 fully saturated rings. The van der Waals surface area contributed by atoms with Gasteiger partial charge in [-0.15, -0.1) is 0 Å². The first kappa shape index (κ1) is 17.2. The summed E-state index contributed by atoms with van der Waals surface area (Å²) in [6, 6.07) is 12.1. The Hall–Kier alpha value is -2.20. The first-order valence-corrected chi connectivity index (χ1v) is 7.83. The minimum atomic E-state index is 0.458. The van der Waals surface area contributed by atoms with E-state index in [2.05, 4.69) is 19.9 Å². The second kappa shape index (κ2) is 8.44. The fourth-order valence-corrected chi connectivity index (χ4v) is 2.48. The molecular weight excluding hydrogens is 290 g/mol. The summed E-state index contributed by atoms with van der Waals surface area (Å²) in [6.07, 6.45) is 0.826. The molecule has 0 saturated carbocycles. The second-order valence-electron chi connectivity index (χ2n) is 5.54. The van der Waals surface area contributed by atoms with Crippen LogP contribution < -0.4 is 19.9 Å². The van der Waals surface area contributed by atoms with Gasteiger partial charge in [0, 0.05) is 0 Å². The molecule has 0 atom stereocenters. The molecule has 0 unspecified atom stereocenters. The summed E-state index contributed by atoms with van der Waals surface area (Å²) in [5.41, 5.74) is 9.10. The highest BCUT2D eigenvalue weighted by Crippen LogP contribution is 2.28. The highest BCUT2D eigenvalue weighted by atomic mass is 16.5. The number of methoxy groups -OCH3 is 1. The van der Waals surface area contributed by atoms with E-state index in [-0.39, 0.29) is 0 Å². The van der Waals surface area contributed by atoms with Gasteiger partial charge in [-0.2, -0.15) is 0 Å². The van der Waals surface area contributed by atoms with Crippen molar-refractivity contribution in [2.75, 3.05) is 26.9 Å². The van der Waals surface area contributed by atoms with E-state index in [1.165, 1.54) is 11.1 Å². The van der Waals surface area contributed by atoms with E-state index in [1.807, 2.05) is 30.3 Å². The van der Waals surface area contributed by atoms with Crippen LogP contribution in [0, 0.1) is 13.8 Å². The average Bonchev–Trinajstić information content (AvgIpc) is 2.52. The molecule has 0 bridgehead atoms. The first-order valence-electron chi connectivity index (χ1n) is 7.83. The smallest absolute Gasteiger partial charge is 0.161 e. The molecule has 0 aliphatic carbocycles. The monoisotopic (exact) mass is 315 g/mol. The third-order valence-corrected chi connectivity index (χ3v) is 3.47. The lowest BCUT2D eigenvalue weighted by molar-refractivity contribution is 0.211. The van der Waals surface area contributed by atoms with Gasteiger partial charge in [-0.1, -0.05) is 12.1 Å². The summed E-state index contributed by atoms with van der Waals surface area (Å²) in [7, 11) is 1.64. The SMILES string of the molecule is COc1cc(CCN)ccc1OCCOc1cc(C)cc(C)c1. The lowest BCUT2D eigenvalue weighted by Gasteiger charge is -2.13. The maximum Gasteiger partial charge on any atom is 0.161 e. The summed E-state index contributed by atoms with van der Waals surface area (Å²) in [5, 5.41) is 0. The van der Waals surface area contributed by atoms with E-state index in [0.717, 1.165) is 29.2 Å². The first-order chi connectivity index (χ1) is 11.1. The van der Waals surface area contributed by atoms with Crippen molar-refractivity contribution in [1.29, 1.82) is 0 Å². The van der Waals surface area contributed by atoms with Crippen molar-refractivity contribution >= 4 is 0 Å². The van der Waals surface area contributed by atoms with Gasteiger partial charge in [-0.05, 0) is 67.8 Å². The van der Waals surface area contributed by atoms with E-state index in [0.29, 0.717) is 19.8 Å². The number of hydrogen-bond acceptors (Lipinski definition) is 4. The highest BCUT2D eigenvalue weighted by Gasteiger charge is 2.06. The van der Waals surface area contributed by atoms with Crippen molar-refractivity contribution in [2.24, 2.45) is 5.73 Å². The van der Waals surface area contributed by atoms with Crippen LogP contribution in [-0.2, 0) is 6.42 Å². The minimum absolute atomic E-state index is 0.458. The van der Waals surface area contributed by atoms with Gasteiger partial charge in [0.05, 0.1) is 7.11 Å². The van der Waals surface area contributed by atoms with Gasteiger partial charge < -0.3 is 19.9 Å². The van der Waals surface area contributed by atoms with Gasteiger partial charge in [0.1, 0.15) is 19.0 Å². The zero-order valence-corrected chi connectivity index (χ0v) is 14.1. The molecular formula is C19H25NO3. The predicted octanol–water partition coefficient (Wildman–Crippen LogP) is 3.27. The maximum atomic E-state index is 5.76. The minimum Gasteiger partial charge on any atom is -0.493 e. The lowest BCUT2D eigenvalue weighted by atomic mass is 10.1. The fourth-order valence-electron chi connectivity index (χ4n) is 2.48. The Labute approximate surface area is 138 Å². The van der Waals surface area contributed by atoms with Crippen LogP contribution >= 0.6 is 0 Å². The molecule has 2 aromatic carbocycles. The molecule has 23 heavy (non-hydrogen) atoms. The second-order valence-corrected chi connectivity index (χ2v) is 5.54. The predicted molar refractivity (Wildman–Crippen MR) is 92.7 cm³/mol. The third kappa shape index (κ3) is 5.18. The quantitative estimate of drug-likeness (QED) is 0.760. The number of hydrogen-bond donors (Lipinski definition) is 1. The van der Waals surface area contributed by atoms with Crippen LogP contribution in [0.2, 0.25) is 0 Å². The molecule has 0 heterocycles. The molecule has 0 aliphatic heterocycles. The molecule has 4 heteroatoms. The summed E-state index contributed by atoms with van der Waals surface area (Å²) >= 11 is 0. The molecule has 4 nitrogen and oxygen atoms in total. The molecule has 2 rings (SSSR count). The van der Waals surface area contributed by atoms with E-state index < -0.39 is 0 Å². The van der Waals surface area contributed by atoms with Crippen molar-refractivity contribution in [2.45, 2.75) is 20.3 Å². The number of rotatable bonds is 8. The van der Waals surface area contributed by atoms with Crippen molar-refractivity contribution < 1.29 is 14.2 Å². The van der Waals surface area contributed by atoms with Crippen LogP contribution in [0.15, 0.2) is 36.4 Å². The zero-order chi connectivity index (χ0) is 16.7. The molecule has 0 spiro atoms. The van der Waals surface area contributed by atoms with Crippen LogP contribution in [0.1, 0.15) is 16.7 Å². The van der Waals surface area contributed by atoms with E-state index in [4.69, 9.17) is 19.9 Å². The Morgan fingerprint density at radius 3 is 2.22 bits per heavy atom. The summed E-state index contributed by atoms with van der Waals surface area (Å²) in [4.78, 5) is 0. The maximum absolute atomic E-state index is 5.76. The van der Waals surface area contributed by atoms with Crippen LogP contribution in [0.5, 0.6) is 17.2 Å². The molecule has 0 aromatic heterocycles. The molecule has 2 N–H and O–H groups in total. The van der Waals surface area contributed by atoms with Gasteiger partial charge in [-0.3, -0.25) is 0 Å². The van der Waals surface area contributed by atoms with Gasteiger partial charge in [0.2, 0.25) is 0 Å². The lowest BCUT2D eigenvalue weighted by Crippen LogP contribution is -2.10. The highest BCUT2D eigenvalue weighted by molar-refractivity contribution is 5.43. The Balaban J connectivity index is 1.88. The topological polar surface area (TPSA) is 53.7 Å². The fraction of sp³-hybridized carbons (Fsp3) is 0.368. The molecule has 124 valence electrons. The van der Waals surface area contributed by atoms with Crippen molar-refractivity contribution in [1.82, 2.24) is 0 Å². The van der Waals surface area contributed by atoms with Gasteiger partial charge in [-0.25, -0.2) is 0 Å². The van der Waals surface area contributed by atoms with Crippen LogP contribution in [-0.4, -0.2) is 26.9 Å². The van der Waals surface area contributed by atoms with Crippen LogP contribution in [0.25, 0.3) is 0 Å². The third-order valence-electron chi connectivity index (χ3n) is 3.47. The van der Waals surface area contributed by atoms with E-state index in [9.17, 15) is 0 Å². The van der Waals surface area contributed by atoms with Gasteiger partial charge >= 0.3 is 0 Å². The Morgan fingerprint density at radius 1 is 0.870 bits per heavy atom. The molecule has 0 amide bonds. The largest absolute Gasteiger partial charge is 0.493 e. The van der Waals surface area contributed by atoms with E-state index in [1.54, 1.807) is 7.11 Å². The average molecular weight is 315 g/mol. The van der Waals surface area contributed by atoms with Gasteiger partial charge in [0.25, 0.3) is 0 Å². The standard InChI is InChI=1S/C19H25NO3/c1-14-10-15(2)12-17(11-14)22-8-9-23-18-5-4-16(6-7-20)13-19(18)21-3/h4-5,10-13H,6-9,20H2,1-3H3. The summed E-state index contributed by atoms with van der Waals surface area (Å²) < 4.78 is 16.9. The summed E-state index contributed by atoms with van der Waals surface area (Å²) in [6.45, 7) is 5.68. The normalized spacial score (nSPS) is 10.4.